The predicted octanol–water partition coefficient (Wildman–Crippen LogP) is 2.91. The van der Waals surface area contributed by atoms with Gasteiger partial charge >= 0.3 is 0 Å². The van der Waals surface area contributed by atoms with Gasteiger partial charge in [0.25, 0.3) is 0 Å². The maximum Gasteiger partial charge on any atom is 0.140 e. The van der Waals surface area contributed by atoms with E-state index in [-0.39, 0.29) is 11.6 Å². The number of rotatable bonds is 6. The van der Waals surface area contributed by atoms with Crippen molar-refractivity contribution in [2.24, 2.45) is 5.92 Å². The summed E-state index contributed by atoms with van der Waals surface area (Å²) in [4.78, 5) is 22.8. The smallest absolute Gasteiger partial charge is 0.140 e. The third-order valence-corrected chi connectivity index (χ3v) is 4.04. The molecule has 2 rings (SSSR count). The summed E-state index contributed by atoms with van der Waals surface area (Å²) in [7, 11) is 1.67. The molecule has 0 saturated carbocycles. The molecule has 1 aliphatic carbocycles. The van der Waals surface area contributed by atoms with Gasteiger partial charge in [0.15, 0.2) is 0 Å². The van der Waals surface area contributed by atoms with Crippen molar-refractivity contribution in [1.29, 1.82) is 0 Å². The minimum atomic E-state index is -0.415. The molecule has 0 fully saturated rings. The van der Waals surface area contributed by atoms with Gasteiger partial charge in [-0.1, -0.05) is 6.07 Å². The van der Waals surface area contributed by atoms with Gasteiger partial charge in [0.2, 0.25) is 0 Å². The lowest BCUT2D eigenvalue weighted by Crippen LogP contribution is -2.23. The second kappa shape index (κ2) is 5.55. The first-order valence-corrected chi connectivity index (χ1v) is 6.70. The Balaban J connectivity index is 1.95. The van der Waals surface area contributed by atoms with E-state index in [1.807, 2.05) is 6.07 Å². The molecular weight excluding hydrogens is 240 g/mol. The van der Waals surface area contributed by atoms with Crippen molar-refractivity contribution in [2.45, 2.75) is 39.0 Å². The third kappa shape index (κ3) is 2.86. The van der Waals surface area contributed by atoms with Gasteiger partial charge in [-0.3, -0.25) is 9.59 Å². The first kappa shape index (κ1) is 13.8. The molecule has 102 valence electrons. The molecule has 3 heteroatoms. The van der Waals surface area contributed by atoms with Crippen LogP contribution in [-0.4, -0.2) is 18.7 Å². The largest absolute Gasteiger partial charge is 0.497 e. The highest BCUT2D eigenvalue weighted by molar-refractivity contribution is 6.00. The molecule has 0 saturated heterocycles. The Hall–Kier alpha value is -1.64. The topological polar surface area (TPSA) is 43.4 Å². The zero-order valence-corrected chi connectivity index (χ0v) is 11.7. The molecule has 0 amide bonds. The van der Waals surface area contributed by atoms with E-state index >= 15 is 0 Å². The van der Waals surface area contributed by atoms with Crippen LogP contribution in [0.2, 0.25) is 0 Å². The highest BCUT2D eigenvalue weighted by Crippen LogP contribution is 2.40. The van der Waals surface area contributed by atoms with Gasteiger partial charge in [-0.25, -0.2) is 0 Å². The van der Waals surface area contributed by atoms with Crippen molar-refractivity contribution in [3.8, 4) is 5.75 Å². The van der Waals surface area contributed by atoms with E-state index in [0.29, 0.717) is 12.3 Å². The van der Waals surface area contributed by atoms with Crippen molar-refractivity contribution >= 4 is 11.6 Å². The van der Waals surface area contributed by atoms with Gasteiger partial charge in [-0.15, -0.1) is 0 Å². The lowest BCUT2D eigenvalue weighted by Gasteiger charge is -2.31. The van der Waals surface area contributed by atoms with Crippen LogP contribution >= 0.6 is 0 Å². The van der Waals surface area contributed by atoms with E-state index < -0.39 is 5.92 Å². The fourth-order valence-electron chi connectivity index (χ4n) is 2.85. The predicted molar refractivity (Wildman–Crippen MR) is 73.5 cm³/mol. The Bertz CT molecular complexity index is 491. The van der Waals surface area contributed by atoms with Crippen molar-refractivity contribution in [1.82, 2.24) is 0 Å². The minimum Gasteiger partial charge on any atom is -0.497 e. The average molecular weight is 260 g/mol. The quantitative estimate of drug-likeness (QED) is 0.739. The fraction of sp³-hybridized carbons (Fsp3) is 0.500. The lowest BCUT2D eigenvalue weighted by molar-refractivity contribution is -0.130. The summed E-state index contributed by atoms with van der Waals surface area (Å²) in [5.74, 6) is 0.940. The third-order valence-electron chi connectivity index (χ3n) is 4.04. The molecule has 0 aliphatic heterocycles. The van der Waals surface area contributed by atoms with E-state index in [0.717, 1.165) is 18.6 Å². The standard InChI is InChI=1S/C16H20O3/c1-10(17)15(11(2)18)6-4-12-8-13-9-14(19-3)5-7-16(12)13/h5,7,9,12,15H,4,6,8H2,1-3H3. The Labute approximate surface area is 114 Å². The molecule has 3 nitrogen and oxygen atoms in total. The maximum atomic E-state index is 11.4. The number of carbonyl (C=O) groups is 2. The summed E-state index contributed by atoms with van der Waals surface area (Å²) in [6, 6.07) is 6.14. The zero-order valence-electron chi connectivity index (χ0n) is 11.7. The van der Waals surface area contributed by atoms with Crippen molar-refractivity contribution in [2.75, 3.05) is 7.11 Å². The number of hydrogen-bond donors (Lipinski definition) is 0. The number of ether oxygens (including phenoxy) is 1. The van der Waals surface area contributed by atoms with Crippen molar-refractivity contribution < 1.29 is 14.3 Å². The zero-order chi connectivity index (χ0) is 14.0. The van der Waals surface area contributed by atoms with Crippen molar-refractivity contribution in [3.63, 3.8) is 0 Å². The number of methoxy groups -OCH3 is 1. The summed E-state index contributed by atoms with van der Waals surface area (Å²) in [5.41, 5.74) is 2.67. The summed E-state index contributed by atoms with van der Waals surface area (Å²) < 4.78 is 5.19. The monoisotopic (exact) mass is 260 g/mol. The Morgan fingerprint density at radius 3 is 2.53 bits per heavy atom. The molecule has 19 heavy (non-hydrogen) atoms. The first-order valence-electron chi connectivity index (χ1n) is 6.70. The summed E-state index contributed by atoms with van der Waals surface area (Å²) >= 11 is 0. The summed E-state index contributed by atoms with van der Waals surface area (Å²) in [6.07, 6.45) is 2.60. The molecule has 1 aromatic carbocycles. The molecule has 1 atom stereocenters. The number of ketones is 2. The van der Waals surface area contributed by atoms with Gasteiger partial charge in [-0.05, 0) is 62.3 Å². The SMILES string of the molecule is COc1ccc2c(c1)CC2CCC(C(C)=O)C(C)=O. The van der Waals surface area contributed by atoms with Crippen LogP contribution in [0.25, 0.3) is 0 Å². The summed E-state index contributed by atoms with van der Waals surface area (Å²) in [5, 5.41) is 0. The first-order chi connectivity index (χ1) is 9.02. The lowest BCUT2D eigenvalue weighted by atomic mass is 9.73. The van der Waals surface area contributed by atoms with Crippen LogP contribution in [0.15, 0.2) is 18.2 Å². The minimum absolute atomic E-state index is 0.0122. The van der Waals surface area contributed by atoms with E-state index in [1.54, 1.807) is 7.11 Å². The van der Waals surface area contributed by atoms with Gasteiger partial charge in [0.1, 0.15) is 17.3 Å². The van der Waals surface area contributed by atoms with E-state index in [1.165, 1.54) is 25.0 Å². The molecular formula is C16H20O3. The average Bonchev–Trinajstić information content (AvgIpc) is 2.33. The highest BCUT2D eigenvalue weighted by Gasteiger charge is 2.28. The second-order valence-electron chi connectivity index (χ2n) is 5.32. The van der Waals surface area contributed by atoms with Crippen LogP contribution in [0, 0.1) is 5.92 Å². The van der Waals surface area contributed by atoms with Gasteiger partial charge in [0, 0.05) is 0 Å². The fourth-order valence-corrected chi connectivity index (χ4v) is 2.85. The maximum absolute atomic E-state index is 11.4. The van der Waals surface area contributed by atoms with Gasteiger partial charge < -0.3 is 4.74 Å². The van der Waals surface area contributed by atoms with Crippen LogP contribution in [0.1, 0.15) is 43.7 Å². The summed E-state index contributed by atoms with van der Waals surface area (Å²) in [6.45, 7) is 3.01. The molecule has 0 aromatic heterocycles. The number of benzene rings is 1. The van der Waals surface area contributed by atoms with Crippen molar-refractivity contribution in [3.05, 3.63) is 29.3 Å². The Kier molecular flexibility index (Phi) is 4.03. The molecule has 0 heterocycles. The molecule has 0 spiro atoms. The Morgan fingerprint density at radius 1 is 1.32 bits per heavy atom. The number of fused-ring (bicyclic) bond motifs is 1. The molecule has 0 bridgehead atoms. The van der Waals surface area contributed by atoms with Crippen LogP contribution in [0.4, 0.5) is 0 Å². The molecule has 0 N–H and O–H groups in total. The molecule has 1 aliphatic rings. The van der Waals surface area contributed by atoms with E-state index in [2.05, 4.69) is 12.1 Å². The number of carbonyl (C=O) groups excluding carboxylic acids is 2. The second-order valence-corrected chi connectivity index (χ2v) is 5.32. The molecule has 0 radical (unpaired) electrons. The number of hydrogen-bond acceptors (Lipinski definition) is 3. The van der Waals surface area contributed by atoms with Crippen LogP contribution in [-0.2, 0) is 16.0 Å². The molecule has 1 aromatic rings. The highest BCUT2D eigenvalue weighted by atomic mass is 16.5. The van der Waals surface area contributed by atoms with Gasteiger partial charge in [0.05, 0.1) is 13.0 Å². The van der Waals surface area contributed by atoms with Crippen LogP contribution < -0.4 is 4.74 Å². The molecule has 1 unspecified atom stereocenters. The van der Waals surface area contributed by atoms with Crippen LogP contribution in [0.5, 0.6) is 5.75 Å². The normalized spacial score (nSPS) is 16.7. The van der Waals surface area contributed by atoms with Crippen LogP contribution in [0.3, 0.4) is 0 Å². The van der Waals surface area contributed by atoms with E-state index in [9.17, 15) is 9.59 Å². The van der Waals surface area contributed by atoms with E-state index in [4.69, 9.17) is 4.74 Å². The van der Waals surface area contributed by atoms with Gasteiger partial charge in [-0.2, -0.15) is 0 Å². The number of Topliss-reactive ketones (excluding diaryl/α,β-unsaturated/α-hetero) is 2. The Morgan fingerprint density at radius 2 is 2.00 bits per heavy atom.